The molecule has 148 valence electrons. The molecule has 1 saturated carbocycles. The SMILES string of the molecule is CC1(C)C[C@@H](NC(=O)[C@@H]2CCCO2)C[C@](C)(CNC(=O)[C@@H]2CCCO2)C1. The van der Waals surface area contributed by atoms with E-state index in [0.29, 0.717) is 19.8 Å². The van der Waals surface area contributed by atoms with Crippen molar-refractivity contribution in [1.29, 1.82) is 0 Å². The molecule has 1 aliphatic carbocycles. The fourth-order valence-corrected chi connectivity index (χ4v) is 5.15. The zero-order chi connectivity index (χ0) is 18.8. The number of hydrogen-bond acceptors (Lipinski definition) is 4. The molecule has 0 aromatic heterocycles. The quantitative estimate of drug-likeness (QED) is 0.782. The van der Waals surface area contributed by atoms with Gasteiger partial charge in [-0.3, -0.25) is 9.59 Å². The Bertz CT molecular complexity index is 524. The van der Waals surface area contributed by atoms with Crippen LogP contribution < -0.4 is 10.6 Å². The van der Waals surface area contributed by atoms with Gasteiger partial charge >= 0.3 is 0 Å². The second-order valence-corrected chi connectivity index (χ2v) is 9.49. The lowest BCUT2D eigenvalue weighted by Gasteiger charge is -2.47. The van der Waals surface area contributed by atoms with Gasteiger partial charge in [0.1, 0.15) is 12.2 Å². The topological polar surface area (TPSA) is 76.7 Å². The number of hydrogen-bond donors (Lipinski definition) is 2. The summed E-state index contributed by atoms with van der Waals surface area (Å²) in [5.41, 5.74) is 0.0839. The van der Waals surface area contributed by atoms with Crippen LogP contribution in [0.2, 0.25) is 0 Å². The van der Waals surface area contributed by atoms with Gasteiger partial charge in [0.2, 0.25) is 11.8 Å². The third-order valence-corrected chi connectivity index (χ3v) is 5.92. The highest BCUT2D eigenvalue weighted by Gasteiger charge is 2.42. The molecule has 3 rings (SSSR count). The van der Waals surface area contributed by atoms with E-state index < -0.39 is 0 Å². The van der Waals surface area contributed by atoms with E-state index in [1.807, 2.05) is 0 Å². The van der Waals surface area contributed by atoms with Gasteiger partial charge in [0.25, 0.3) is 0 Å². The van der Waals surface area contributed by atoms with Crippen LogP contribution in [0.25, 0.3) is 0 Å². The van der Waals surface area contributed by atoms with Crippen LogP contribution in [0.15, 0.2) is 0 Å². The third kappa shape index (κ3) is 4.97. The lowest BCUT2D eigenvalue weighted by Crippen LogP contribution is -2.52. The Morgan fingerprint density at radius 1 is 0.962 bits per heavy atom. The van der Waals surface area contributed by atoms with Crippen molar-refractivity contribution in [2.45, 2.75) is 84.0 Å². The second kappa shape index (κ2) is 7.85. The van der Waals surface area contributed by atoms with Crippen LogP contribution >= 0.6 is 0 Å². The first kappa shape index (κ1) is 19.6. The standard InChI is InChI=1S/C20H34N2O4/c1-19(2)10-14(22-18(24)16-7-5-9-26-16)11-20(3,12-19)13-21-17(23)15-6-4-8-25-15/h14-16H,4-13H2,1-3H3,(H,21,23)(H,22,24)/t14-,15+,16+,20+/m1/s1. The number of rotatable bonds is 5. The number of nitrogens with one attached hydrogen (secondary N) is 2. The minimum absolute atomic E-state index is 0.00652. The van der Waals surface area contributed by atoms with Crippen molar-refractivity contribution in [1.82, 2.24) is 10.6 Å². The van der Waals surface area contributed by atoms with E-state index >= 15 is 0 Å². The monoisotopic (exact) mass is 366 g/mol. The third-order valence-electron chi connectivity index (χ3n) is 5.92. The molecule has 0 aromatic carbocycles. The Labute approximate surface area is 156 Å². The van der Waals surface area contributed by atoms with Crippen molar-refractivity contribution in [3.05, 3.63) is 0 Å². The molecular weight excluding hydrogens is 332 g/mol. The molecule has 0 aromatic rings. The highest BCUT2D eigenvalue weighted by molar-refractivity contribution is 5.81. The molecule has 3 fully saturated rings. The zero-order valence-electron chi connectivity index (χ0n) is 16.4. The van der Waals surface area contributed by atoms with E-state index in [0.717, 1.165) is 44.9 Å². The summed E-state index contributed by atoms with van der Waals surface area (Å²) in [6.07, 6.45) is 5.83. The average Bonchev–Trinajstić information content (AvgIpc) is 3.23. The molecule has 4 atom stereocenters. The van der Waals surface area contributed by atoms with Gasteiger partial charge in [0.15, 0.2) is 0 Å². The molecule has 26 heavy (non-hydrogen) atoms. The Hall–Kier alpha value is -1.14. The molecule has 0 radical (unpaired) electrons. The Balaban J connectivity index is 1.56. The second-order valence-electron chi connectivity index (χ2n) is 9.49. The first-order valence-electron chi connectivity index (χ1n) is 10.1. The molecule has 2 saturated heterocycles. The highest BCUT2D eigenvalue weighted by Crippen LogP contribution is 2.45. The van der Waals surface area contributed by atoms with E-state index in [1.54, 1.807) is 0 Å². The first-order valence-corrected chi connectivity index (χ1v) is 10.1. The van der Waals surface area contributed by atoms with E-state index in [2.05, 4.69) is 31.4 Å². The number of amides is 2. The molecular formula is C20H34N2O4. The van der Waals surface area contributed by atoms with Crippen molar-refractivity contribution in [3.63, 3.8) is 0 Å². The Morgan fingerprint density at radius 2 is 1.58 bits per heavy atom. The number of carbonyl (C=O) groups is 2. The normalized spacial score (nSPS) is 36.7. The van der Waals surface area contributed by atoms with Crippen LogP contribution in [0, 0.1) is 10.8 Å². The Morgan fingerprint density at radius 3 is 2.15 bits per heavy atom. The zero-order valence-corrected chi connectivity index (χ0v) is 16.4. The molecule has 2 heterocycles. The van der Waals surface area contributed by atoms with Crippen molar-refractivity contribution < 1.29 is 19.1 Å². The fraction of sp³-hybridized carbons (Fsp3) is 0.900. The molecule has 6 nitrogen and oxygen atoms in total. The first-order chi connectivity index (χ1) is 12.3. The van der Waals surface area contributed by atoms with E-state index in [4.69, 9.17) is 9.47 Å². The lowest BCUT2D eigenvalue weighted by molar-refractivity contribution is -0.133. The van der Waals surface area contributed by atoms with Gasteiger partial charge < -0.3 is 20.1 Å². The van der Waals surface area contributed by atoms with Gasteiger partial charge in [-0.25, -0.2) is 0 Å². The highest BCUT2D eigenvalue weighted by atomic mass is 16.5. The predicted molar refractivity (Wildman–Crippen MR) is 98.6 cm³/mol. The smallest absolute Gasteiger partial charge is 0.249 e. The van der Waals surface area contributed by atoms with Crippen molar-refractivity contribution in [2.24, 2.45) is 10.8 Å². The maximum atomic E-state index is 12.5. The van der Waals surface area contributed by atoms with E-state index in [1.165, 1.54) is 0 Å². The summed E-state index contributed by atoms with van der Waals surface area (Å²) < 4.78 is 11.0. The van der Waals surface area contributed by atoms with Crippen molar-refractivity contribution in [3.8, 4) is 0 Å². The van der Waals surface area contributed by atoms with Gasteiger partial charge in [-0.2, -0.15) is 0 Å². The molecule has 0 spiro atoms. The fourth-order valence-electron chi connectivity index (χ4n) is 5.15. The van der Waals surface area contributed by atoms with E-state index in [-0.39, 0.29) is 40.9 Å². The van der Waals surface area contributed by atoms with E-state index in [9.17, 15) is 9.59 Å². The van der Waals surface area contributed by atoms with Crippen molar-refractivity contribution >= 4 is 11.8 Å². The number of ether oxygens (including phenoxy) is 2. The van der Waals surface area contributed by atoms with Crippen LogP contribution in [-0.2, 0) is 19.1 Å². The predicted octanol–water partition coefficient (Wildman–Crippen LogP) is 2.16. The molecule has 2 aliphatic heterocycles. The summed E-state index contributed by atoms with van der Waals surface area (Å²) in [5, 5.41) is 6.31. The minimum atomic E-state index is -0.287. The number of carbonyl (C=O) groups excluding carboxylic acids is 2. The van der Waals surface area contributed by atoms with Gasteiger partial charge in [0, 0.05) is 25.8 Å². The van der Waals surface area contributed by atoms with Gasteiger partial charge in [-0.1, -0.05) is 20.8 Å². The molecule has 0 unspecified atom stereocenters. The Kier molecular flexibility index (Phi) is 5.92. The summed E-state index contributed by atoms with van der Waals surface area (Å²) in [5.74, 6) is 0.0305. The average molecular weight is 367 g/mol. The van der Waals surface area contributed by atoms with Gasteiger partial charge in [0.05, 0.1) is 0 Å². The van der Waals surface area contributed by atoms with Crippen LogP contribution in [0.4, 0.5) is 0 Å². The summed E-state index contributed by atoms with van der Waals surface area (Å²) in [4.78, 5) is 24.8. The maximum absolute atomic E-state index is 12.5. The largest absolute Gasteiger partial charge is 0.368 e. The minimum Gasteiger partial charge on any atom is -0.368 e. The summed E-state index contributed by atoms with van der Waals surface area (Å²) in [7, 11) is 0. The molecule has 2 N–H and O–H groups in total. The van der Waals surface area contributed by atoms with Crippen LogP contribution in [-0.4, -0.2) is 49.8 Å². The molecule has 0 bridgehead atoms. The van der Waals surface area contributed by atoms with Crippen LogP contribution in [0.5, 0.6) is 0 Å². The van der Waals surface area contributed by atoms with Crippen LogP contribution in [0.1, 0.15) is 65.7 Å². The molecule has 3 aliphatic rings. The maximum Gasteiger partial charge on any atom is 0.249 e. The van der Waals surface area contributed by atoms with Gasteiger partial charge in [-0.05, 0) is 55.8 Å². The van der Waals surface area contributed by atoms with Gasteiger partial charge in [-0.15, -0.1) is 0 Å². The summed E-state index contributed by atoms with van der Waals surface area (Å²) >= 11 is 0. The van der Waals surface area contributed by atoms with Crippen molar-refractivity contribution in [2.75, 3.05) is 19.8 Å². The summed E-state index contributed by atoms with van der Waals surface area (Å²) in [6, 6.07) is 0.125. The molecule has 6 heteroatoms. The summed E-state index contributed by atoms with van der Waals surface area (Å²) in [6.45, 7) is 8.70. The lowest BCUT2D eigenvalue weighted by atomic mass is 9.62. The molecule has 2 amide bonds. The van der Waals surface area contributed by atoms with Crippen LogP contribution in [0.3, 0.4) is 0 Å².